The van der Waals surface area contributed by atoms with Gasteiger partial charge in [0.1, 0.15) is 11.4 Å². The van der Waals surface area contributed by atoms with Crippen molar-refractivity contribution in [2.75, 3.05) is 6.61 Å². The maximum absolute atomic E-state index is 12.4. The highest BCUT2D eigenvalue weighted by Crippen LogP contribution is 2.49. The minimum absolute atomic E-state index is 0.123. The van der Waals surface area contributed by atoms with Gasteiger partial charge in [0.2, 0.25) is 5.91 Å². The van der Waals surface area contributed by atoms with Crippen LogP contribution >= 0.6 is 0 Å². The summed E-state index contributed by atoms with van der Waals surface area (Å²) in [7, 11) is -3.73. The van der Waals surface area contributed by atoms with Gasteiger partial charge in [-0.15, -0.1) is 0 Å². The molecule has 8 heteroatoms. The van der Waals surface area contributed by atoms with Crippen LogP contribution in [0.5, 0.6) is 0 Å². The second-order valence-corrected chi connectivity index (χ2v) is 8.12. The van der Waals surface area contributed by atoms with Crippen LogP contribution in [0.2, 0.25) is 0 Å². The topological polar surface area (TPSA) is 112 Å². The molecule has 108 valence electrons. The van der Waals surface area contributed by atoms with Gasteiger partial charge >= 0.3 is 5.97 Å². The van der Waals surface area contributed by atoms with E-state index in [0.717, 1.165) is 4.90 Å². The largest absolute Gasteiger partial charge is 0.480 e. The van der Waals surface area contributed by atoms with Gasteiger partial charge in [-0.05, 0) is 26.7 Å². The van der Waals surface area contributed by atoms with Crippen molar-refractivity contribution in [3.05, 3.63) is 0 Å². The molecule has 2 aliphatic rings. The van der Waals surface area contributed by atoms with E-state index in [-0.39, 0.29) is 13.0 Å². The second kappa shape index (κ2) is 4.17. The lowest BCUT2D eigenvalue weighted by Gasteiger charge is -2.42. The Morgan fingerprint density at radius 2 is 2.00 bits per heavy atom. The van der Waals surface area contributed by atoms with E-state index in [2.05, 4.69) is 0 Å². The number of carboxylic acid groups (broad SMARTS) is 1. The summed E-state index contributed by atoms with van der Waals surface area (Å²) in [5, 5.41) is 16.9. The summed E-state index contributed by atoms with van der Waals surface area (Å²) in [6.45, 7) is 2.56. The number of hydrogen-bond acceptors (Lipinski definition) is 5. The monoisotopic (exact) mass is 291 g/mol. The van der Waals surface area contributed by atoms with Crippen molar-refractivity contribution in [2.45, 2.75) is 42.9 Å². The standard InChI is InChI=1S/C11H17NO6S/c1-11(2)7(10(15)16)12-8(14)6(4-3-5-13)9(12)19(11,17)18/h6-7,9,13H,3-5H2,1-2H3,(H,15,16)/t6-,7+,9-/m1/s1. The van der Waals surface area contributed by atoms with E-state index in [1.807, 2.05) is 0 Å². The van der Waals surface area contributed by atoms with Crippen molar-refractivity contribution >= 4 is 21.7 Å². The fourth-order valence-corrected chi connectivity index (χ4v) is 5.34. The molecule has 1 amide bonds. The summed E-state index contributed by atoms with van der Waals surface area (Å²) < 4.78 is 23.3. The molecule has 2 fully saturated rings. The molecule has 0 saturated carbocycles. The van der Waals surface area contributed by atoms with Gasteiger partial charge in [0.25, 0.3) is 0 Å². The zero-order valence-electron chi connectivity index (χ0n) is 10.7. The first-order valence-electron chi connectivity index (χ1n) is 6.07. The van der Waals surface area contributed by atoms with E-state index >= 15 is 0 Å². The number of nitrogens with zero attached hydrogens (tertiary/aromatic N) is 1. The average Bonchev–Trinajstić information content (AvgIpc) is 2.43. The molecule has 2 aliphatic heterocycles. The number of aliphatic hydroxyl groups excluding tert-OH is 1. The third kappa shape index (κ3) is 1.62. The van der Waals surface area contributed by atoms with Gasteiger partial charge in [0, 0.05) is 6.61 Å². The maximum atomic E-state index is 12.4. The molecule has 0 bridgehead atoms. The van der Waals surface area contributed by atoms with Gasteiger partial charge in [-0.2, -0.15) is 0 Å². The predicted octanol–water partition coefficient (Wildman–Crippen LogP) is -0.796. The fourth-order valence-electron chi connectivity index (χ4n) is 2.99. The third-order valence-corrected chi connectivity index (χ3v) is 6.97. The fraction of sp³-hybridized carbons (Fsp3) is 0.818. The number of β-lactam (4-membered cyclic amide) rings is 1. The summed E-state index contributed by atoms with van der Waals surface area (Å²) in [5.74, 6) is -2.47. The lowest BCUT2D eigenvalue weighted by atomic mass is 9.89. The molecule has 0 unspecified atom stereocenters. The number of carbonyl (C=O) groups excluding carboxylic acids is 1. The van der Waals surface area contributed by atoms with Gasteiger partial charge in [-0.3, -0.25) is 4.79 Å². The molecule has 2 saturated heterocycles. The zero-order valence-corrected chi connectivity index (χ0v) is 11.6. The molecular formula is C11H17NO6S. The van der Waals surface area contributed by atoms with Crippen molar-refractivity contribution in [3.63, 3.8) is 0 Å². The van der Waals surface area contributed by atoms with E-state index in [1.165, 1.54) is 13.8 Å². The van der Waals surface area contributed by atoms with Crippen molar-refractivity contribution in [1.29, 1.82) is 0 Å². The molecule has 3 atom stereocenters. The Morgan fingerprint density at radius 1 is 1.42 bits per heavy atom. The van der Waals surface area contributed by atoms with Crippen LogP contribution in [0.3, 0.4) is 0 Å². The SMILES string of the molecule is CC1(C)[C@H](C(=O)O)N2C(=O)[C@@H](CCCO)[C@H]2S1(=O)=O. The molecular weight excluding hydrogens is 274 g/mol. The number of amides is 1. The third-order valence-electron chi connectivity index (χ3n) is 4.09. The highest BCUT2D eigenvalue weighted by atomic mass is 32.2. The molecule has 0 aromatic carbocycles. The highest BCUT2D eigenvalue weighted by Gasteiger charge is 2.71. The van der Waals surface area contributed by atoms with E-state index in [0.29, 0.717) is 6.42 Å². The minimum atomic E-state index is -3.73. The zero-order chi connectivity index (χ0) is 14.6. The van der Waals surface area contributed by atoms with Crippen LogP contribution in [0.15, 0.2) is 0 Å². The molecule has 0 aliphatic carbocycles. The summed E-state index contributed by atoms with van der Waals surface area (Å²) in [6.07, 6.45) is 0.590. The molecule has 2 rings (SSSR count). The van der Waals surface area contributed by atoms with Gasteiger partial charge in [0.05, 0.1) is 10.7 Å². The van der Waals surface area contributed by atoms with E-state index in [4.69, 9.17) is 5.11 Å². The first-order valence-corrected chi connectivity index (χ1v) is 7.62. The van der Waals surface area contributed by atoms with Crippen LogP contribution in [0.4, 0.5) is 0 Å². The number of rotatable bonds is 4. The minimum Gasteiger partial charge on any atom is -0.480 e. The van der Waals surface area contributed by atoms with Crippen LogP contribution in [-0.4, -0.2) is 58.2 Å². The molecule has 7 nitrogen and oxygen atoms in total. The van der Waals surface area contributed by atoms with E-state index in [1.54, 1.807) is 0 Å². The Kier molecular flexibility index (Phi) is 3.13. The van der Waals surface area contributed by atoms with Crippen LogP contribution in [0.25, 0.3) is 0 Å². The quantitative estimate of drug-likeness (QED) is 0.656. The predicted molar refractivity (Wildman–Crippen MR) is 64.9 cm³/mol. The normalized spacial score (nSPS) is 34.8. The molecule has 0 radical (unpaired) electrons. The summed E-state index contributed by atoms with van der Waals surface area (Å²) in [5.41, 5.74) is 0. The molecule has 0 aromatic rings. The van der Waals surface area contributed by atoms with Crippen LogP contribution in [0.1, 0.15) is 26.7 Å². The smallest absolute Gasteiger partial charge is 0.328 e. The Labute approximate surface area is 111 Å². The van der Waals surface area contributed by atoms with Crippen molar-refractivity contribution in [3.8, 4) is 0 Å². The Morgan fingerprint density at radius 3 is 2.47 bits per heavy atom. The highest BCUT2D eigenvalue weighted by molar-refractivity contribution is 7.93. The van der Waals surface area contributed by atoms with Crippen LogP contribution in [-0.2, 0) is 19.4 Å². The summed E-state index contributed by atoms with van der Waals surface area (Å²) in [4.78, 5) is 24.2. The Hall–Kier alpha value is -1.15. The Bertz CT molecular complexity index is 525. The maximum Gasteiger partial charge on any atom is 0.328 e. The number of fused-ring (bicyclic) bond motifs is 1. The number of carbonyl (C=O) groups is 2. The van der Waals surface area contributed by atoms with Gasteiger partial charge < -0.3 is 15.1 Å². The number of aliphatic carboxylic acids is 1. The summed E-state index contributed by atoms with van der Waals surface area (Å²) in [6, 6.07) is -1.33. The molecule has 0 spiro atoms. The number of sulfone groups is 1. The van der Waals surface area contributed by atoms with Crippen molar-refractivity contribution < 1.29 is 28.2 Å². The Balaban J connectivity index is 2.40. The molecule has 0 aromatic heterocycles. The van der Waals surface area contributed by atoms with Crippen LogP contribution < -0.4 is 0 Å². The van der Waals surface area contributed by atoms with Crippen molar-refractivity contribution in [1.82, 2.24) is 4.90 Å². The lowest BCUT2D eigenvalue weighted by Crippen LogP contribution is -2.63. The first-order chi connectivity index (χ1) is 8.67. The van der Waals surface area contributed by atoms with Gasteiger partial charge in [-0.25, -0.2) is 13.2 Å². The van der Waals surface area contributed by atoms with Crippen LogP contribution in [0, 0.1) is 5.92 Å². The summed E-state index contributed by atoms with van der Waals surface area (Å²) >= 11 is 0. The van der Waals surface area contributed by atoms with Gasteiger partial charge in [-0.1, -0.05) is 0 Å². The lowest BCUT2D eigenvalue weighted by molar-refractivity contribution is -0.163. The molecule has 2 N–H and O–H groups in total. The van der Waals surface area contributed by atoms with E-state index < -0.39 is 43.8 Å². The van der Waals surface area contributed by atoms with Gasteiger partial charge in [0.15, 0.2) is 9.84 Å². The van der Waals surface area contributed by atoms with Crippen molar-refractivity contribution in [2.24, 2.45) is 5.92 Å². The molecule has 2 heterocycles. The second-order valence-electron chi connectivity index (χ2n) is 5.50. The average molecular weight is 291 g/mol. The number of hydrogen-bond donors (Lipinski definition) is 2. The van der Waals surface area contributed by atoms with E-state index in [9.17, 15) is 23.1 Å². The first kappa shape index (κ1) is 14.3. The number of carboxylic acids is 1. The molecule has 19 heavy (non-hydrogen) atoms. The number of aliphatic hydroxyl groups is 1.